The van der Waals surface area contributed by atoms with Gasteiger partial charge in [0.05, 0.1) is 6.20 Å². The number of aromatic nitrogens is 1. The molecule has 2 heterocycles. The van der Waals surface area contributed by atoms with Gasteiger partial charge in [-0.25, -0.2) is 9.37 Å². The van der Waals surface area contributed by atoms with Gasteiger partial charge >= 0.3 is 0 Å². The molecule has 0 aliphatic carbocycles. The Morgan fingerprint density at radius 2 is 1.72 bits per heavy atom. The van der Waals surface area contributed by atoms with Gasteiger partial charge in [0.15, 0.2) is 11.7 Å². The van der Waals surface area contributed by atoms with Gasteiger partial charge in [0.2, 0.25) is 0 Å². The first-order valence-corrected chi connectivity index (χ1v) is 8.76. The highest BCUT2D eigenvalue weighted by Gasteiger charge is 2.24. The largest absolute Gasteiger partial charge is 0.440 e. The van der Waals surface area contributed by atoms with Gasteiger partial charge in [0.1, 0.15) is 5.82 Å². The van der Waals surface area contributed by atoms with Crippen LogP contribution in [0.1, 0.15) is 30.2 Å². The zero-order valence-electron chi connectivity index (χ0n) is 14.1. The van der Waals surface area contributed by atoms with Crippen molar-refractivity contribution in [2.75, 3.05) is 13.1 Å². The number of likely N-dealkylation sites (tertiary alicyclic amines) is 1. The molecule has 25 heavy (non-hydrogen) atoms. The fourth-order valence-corrected chi connectivity index (χ4v) is 3.40. The minimum absolute atomic E-state index is 0.241. The maximum Gasteiger partial charge on any atom is 0.198 e. The Hall–Kier alpha value is -2.46. The molecule has 0 spiro atoms. The highest BCUT2D eigenvalue weighted by molar-refractivity contribution is 5.56. The third-order valence-corrected chi connectivity index (χ3v) is 4.84. The summed E-state index contributed by atoms with van der Waals surface area (Å²) < 4.78 is 19.0. The molecule has 1 aliphatic rings. The summed E-state index contributed by atoms with van der Waals surface area (Å²) in [5.41, 5.74) is 2.22. The molecule has 1 aliphatic heterocycles. The van der Waals surface area contributed by atoms with Gasteiger partial charge in [-0.15, -0.1) is 0 Å². The summed E-state index contributed by atoms with van der Waals surface area (Å²) >= 11 is 0. The Labute approximate surface area is 147 Å². The van der Waals surface area contributed by atoms with E-state index < -0.39 is 0 Å². The summed E-state index contributed by atoms with van der Waals surface area (Å²) in [7, 11) is 0. The molecule has 0 unspecified atom stereocenters. The molecule has 1 fully saturated rings. The van der Waals surface area contributed by atoms with Crippen molar-refractivity contribution < 1.29 is 8.81 Å². The Balaban J connectivity index is 1.37. The highest BCUT2D eigenvalue weighted by atomic mass is 19.1. The number of nitrogens with zero attached hydrogens (tertiary/aromatic N) is 2. The second kappa shape index (κ2) is 7.19. The van der Waals surface area contributed by atoms with Crippen molar-refractivity contribution in [2.24, 2.45) is 0 Å². The predicted octanol–water partition coefficient (Wildman–Crippen LogP) is 4.86. The van der Waals surface area contributed by atoms with Crippen LogP contribution >= 0.6 is 0 Å². The van der Waals surface area contributed by atoms with Crippen molar-refractivity contribution in [3.05, 3.63) is 78.1 Å². The number of rotatable bonds is 4. The summed E-state index contributed by atoms with van der Waals surface area (Å²) in [5, 5.41) is 0. The van der Waals surface area contributed by atoms with Gasteiger partial charge < -0.3 is 4.42 Å². The van der Waals surface area contributed by atoms with Crippen LogP contribution in [0.25, 0.3) is 11.3 Å². The SMILES string of the molecule is Fc1ccc(-c2cnc(C3CCN(Cc4ccccc4)CC3)o2)cc1. The Bertz CT molecular complexity index is 805. The number of halogens is 1. The van der Waals surface area contributed by atoms with Crippen molar-refractivity contribution in [1.29, 1.82) is 0 Å². The summed E-state index contributed by atoms with van der Waals surface area (Å²) in [6, 6.07) is 16.9. The second-order valence-electron chi connectivity index (χ2n) is 6.61. The van der Waals surface area contributed by atoms with E-state index in [4.69, 9.17) is 4.42 Å². The summed E-state index contributed by atoms with van der Waals surface area (Å²) in [6.07, 6.45) is 3.85. The average molecular weight is 336 g/mol. The van der Waals surface area contributed by atoms with Gasteiger partial charge in [-0.1, -0.05) is 30.3 Å². The van der Waals surface area contributed by atoms with E-state index in [1.54, 1.807) is 18.3 Å². The first kappa shape index (κ1) is 16.0. The number of piperidine rings is 1. The molecule has 0 bridgehead atoms. The molecule has 1 aromatic heterocycles. The van der Waals surface area contributed by atoms with Crippen LogP contribution in [-0.2, 0) is 6.54 Å². The molecule has 0 atom stereocenters. The molecule has 3 aromatic rings. The van der Waals surface area contributed by atoms with Crippen molar-refractivity contribution in [2.45, 2.75) is 25.3 Å². The van der Waals surface area contributed by atoms with Crippen molar-refractivity contribution in [3.63, 3.8) is 0 Å². The minimum atomic E-state index is -0.241. The van der Waals surface area contributed by atoms with E-state index in [1.165, 1.54) is 17.7 Å². The molecule has 1 saturated heterocycles. The Morgan fingerprint density at radius 3 is 2.44 bits per heavy atom. The smallest absolute Gasteiger partial charge is 0.198 e. The lowest BCUT2D eigenvalue weighted by atomic mass is 9.96. The van der Waals surface area contributed by atoms with E-state index in [9.17, 15) is 4.39 Å². The molecular formula is C21H21FN2O. The van der Waals surface area contributed by atoms with Crippen molar-refractivity contribution in [3.8, 4) is 11.3 Å². The number of hydrogen-bond acceptors (Lipinski definition) is 3. The zero-order valence-corrected chi connectivity index (χ0v) is 14.1. The van der Waals surface area contributed by atoms with Gasteiger partial charge in [-0.3, -0.25) is 4.90 Å². The summed E-state index contributed by atoms with van der Waals surface area (Å²) in [6.45, 7) is 3.10. The molecule has 0 saturated carbocycles. The lowest BCUT2D eigenvalue weighted by molar-refractivity contribution is 0.193. The fourth-order valence-electron chi connectivity index (χ4n) is 3.40. The first-order chi connectivity index (χ1) is 12.3. The maximum absolute atomic E-state index is 13.0. The summed E-state index contributed by atoms with van der Waals surface area (Å²) in [5.74, 6) is 1.64. The number of benzene rings is 2. The monoisotopic (exact) mass is 336 g/mol. The van der Waals surface area contributed by atoms with Crippen LogP contribution in [0.4, 0.5) is 4.39 Å². The lowest BCUT2D eigenvalue weighted by Gasteiger charge is -2.30. The van der Waals surface area contributed by atoms with Crippen LogP contribution < -0.4 is 0 Å². The van der Waals surface area contributed by atoms with Gasteiger partial charge in [-0.2, -0.15) is 0 Å². The maximum atomic E-state index is 13.0. The first-order valence-electron chi connectivity index (χ1n) is 8.76. The van der Waals surface area contributed by atoms with E-state index in [1.807, 2.05) is 0 Å². The lowest BCUT2D eigenvalue weighted by Crippen LogP contribution is -2.32. The van der Waals surface area contributed by atoms with Crippen LogP contribution in [0.3, 0.4) is 0 Å². The minimum Gasteiger partial charge on any atom is -0.440 e. The van der Waals surface area contributed by atoms with Crippen LogP contribution in [0.5, 0.6) is 0 Å². The van der Waals surface area contributed by atoms with Crippen LogP contribution in [-0.4, -0.2) is 23.0 Å². The highest BCUT2D eigenvalue weighted by Crippen LogP contribution is 2.31. The second-order valence-corrected chi connectivity index (χ2v) is 6.61. The van der Waals surface area contributed by atoms with Crippen molar-refractivity contribution >= 4 is 0 Å². The van der Waals surface area contributed by atoms with E-state index in [-0.39, 0.29) is 5.82 Å². The number of oxazole rings is 1. The van der Waals surface area contributed by atoms with Crippen LogP contribution in [0, 0.1) is 5.82 Å². The molecule has 4 rings (SSSR count). The topological polar surface area (TPSA) is 29.3 Å². The van der Waals surface area contributed by atoms with Crippen LogP contribution in [0.2, 0.25) is 0 Å². The Kier molecular flexibility index (Phi) is 4.61. The third-order valence-electron chi connectivity index (χ3n) is 4.84. The number of hydrogen-bond donors (Lipinski definition) is 0. The van der Waals surface area contributed by atoms with Gasteiger partial charge in [0.25, 0.3) is 0 Å². The normalized spacial score (nSPS) is 16.2. The zero-order chi connectivity index (χ0) is 17.1. The molecule has 3 nitrogen and oxygen atoms in total. The predicted molar refractivity (Wildman–Crippen MR) is 95.6 cm³/mol. The average Bonchev–Trinajstić information content (AvgIpc) is 3.14. The molecule has 0 amide bonds. The van der Waals surface area contributed by atoms with E-state index in [2.05, 4.69) is 40.2 Å². The molecule has 0 N–H and O–H groups in total. The van der Waals surface area contributed by atoms with Gasteiger partial charge in [-0.05, 0) is 55.8 Å². The van der Waals surface area contributed by atoms with E-state index >= 15 is 0 Å². The Morgan fingerprint density at radius 1 is 1.00 bits per heavy atom. The van der Waals surface area contributed by atoms with E-state index in [0.717, 1.165) is 43.9 Å². The quantitative estimate of drug-likeness (QED) is 0.681. The van der Waals surface area contributed by atoms with Crippen LogP contribution in [0.15, 0.2) is 65.2 Å². The molecule has 128 valence electrons. The molecule has 0 radical (unpaired) electrons. The molecule has 2 aromatic carbocycles. The summed E-state index contributed by atoms with van der Waals surface area (Å²) in [4.78, 5) is 6.95. The van der Waals surface area contributed by atoms with E-state index in [0.29, 0.717) is 11.7 Å². The molecule has 4 heteroatoms. The third kappa shape index (κ3) is 3.80. The molecular weight excluding hydrogens is 315 g/mol. The standard InChI is InChI=1S/C21H21FN2O/c22-19-8-6-17(7-9-19)20-14-23-21(25-20)18-10-12-24(13-11-18)15-16-4-2-1-3-5-16/h1-9,14,18H,10-13,15H2. The van der Waals surface area contributed by atoms with Crippen molar-refractivity contribution in [1.82, 2.24) is 9.88 Å². The fraction of sp³-hybridized carbons (Fsp3) is 0.286. The van der Waals surface area contributed by atoms with Gasteiger partial charge in [0, 0.05) is 18.0 Å².